The van der Waals surface area contributed by atoms with Crippen LogP contribution in [0, 0.1) is 13.8 Å². The van der Waals surface area contributed by atoms with E-state index in [1.807, 2.05) is 12.4 Å². The Balaban J connectivity index is 1.37. The number of benzene rings is 2. The molecule has 0 atom stereocenters. The molecular formula is C42H54N4S2. The van der Waals surface area contributed by atoms with Gasteiger partial charge in [-0.25, -0.2) is 9.97 Å². The molecule has 4 nitrogen and oxygen atoms in total. The molecule has 0 bridgehead atoms. The van der Waals surface area contributed by atoms with Gasteiger partial charge in [0, 0.05) is 46.6 Å². The quantitative estimate of drug-likeness (QED) is 0.0495. The van der Waals surface area contributed by atoms with Crippen molar-refractivity contribution < 1.29 is 0 Å². The van der Waals surface area contributed by atoms with Crippen LogP contribution in [0.25, 0.3) is 0 Å². The van der Waals surface area contributed by atoms with Gasteiger partial charge >= 0.3 is 0 Å². The second-order valence-electron chi connectivity index (χ2n) is 12.4. The maximum absolute atomic E-state index is 4.89. The van der Waals surface area contributed by atoms with E-state index in [4.69, 9.17) is 9.97 Å². The third-order valence-corrected chi connectivity index (χ3v) is 10.6. The first kappa shape index (κ1) is 37.3. The molecule has 0 radical (unpaired) electrons. The van der Waals surface area contributed by atoms with Gasteiger partial charge in [0.2, 0.25) is 0 Å². The Hall–Kier alpha value is -3.48. The summed E-state index contributed by atoms with van der Waals surface area (Å²) in [6.45, 7) is 10.4. The van der Waals surface area contributed by atoms with E-state index >= 15 is 0 Å². The molecule has 0 fully saturated rings. The number of nitrogens with zero attached hydrogens (tertiary/aromatic N) is 4. The van der Waals surface area contributed by atoms with Crippen LogP contribution in [-0.2, 0) is 0 Å². The largest absolute Gasteiger partial charge is 0.323 e. The predicted octanol–water partition coefficient (Wildman–Crippen LogP) is 13.2. The molecule has 48 heavy (non-hydrogen) atoms. The first-order valence-electron chi connectivity index (χ1n) is 17.8. The monoisotopic (exact) mass is 678 g/mol. The van der Waals surface area contributed by atoms with Gasteiger partial charge in [0.1, 0.15) is 11.6 Å². The van der Waals surface area contributed by atoms with Gasteiger partial charge in [0.05, 0.1) is 0 Å². The molecular weight excluding hydrogens is 625 g/mol. The smallest absolute Gasteiger partial charge is 0.133 e. The van der Waals surface area contributed by atoms with Crippen LogP contribution in [0.1, 0.15) is 89.2 Å². The topological polar surface area (TPSA) is 32.3 Å². The summed E-state index contributed by atoms with van der Waals surface area (Å²) in [6, 6.07) is 26.0. The number of hydrogen-bond acceptors (Lipinski definition) is 6. The molecule has 254 valence electrons. The van der Waals surface area contributed by atoms with Gasteiger partial charge < -0.3 is 9.80 Å². The molecule has 0 saturated carbocycles. The molecule has 0 unspecified atom stereocenters. The van der Waals surface area contributed by atoms with Crippen LogP contribution in [-0.4, -0.2) is 23.1 Å². The van der Waals surface area contributed by atoms with Crippen LogP contribution in [0.3, 0.4) is 0 Å². The van der Waals surface area contributed by atoms with Gasteiger partial charge in [0.25, 0.3) is 0 Å². The Kier molecular flexibility index (Phi) is 16.7. The lowest BCUT2D eigenvalue weighted by atomic mass is 10.1. The van der Waals surface area contributed by atoms with E-state index in [1.165, 1.54) is 62.5 Å². The van der Waals surface area contributed by atoms with Gasteiger partial charge in [0.15, 0.2) is 0 Å². The van der Waals surface area contributed by atoms with Gasteiger partial charge in [-0.2, -0.15) is 0 Å². The summed E-state index contributed by atoms with van der Waals surface area (Å²) < 4.78 is 0. The van der Waals surface area contributed by atoms with Crippen molar-refractivity contribution in [1.29, 1.82) is 0 Å². The molecule has 2 aromatic heterocycles. The number of hydrogen-bond donors (Lipinski definition) is 0. The first-order chi connectivity index (χ1) is 23.6. The van der Waals surface area contributed by atoms with E-state index in [0.29, 0.717) is 0 Å². The van der Waals surface area contributed by atoms with E-state index in [0.717, 1.165) is 58.7 Å². The first-order valence-corrected chi connectivity index (χ1v) is 20.0. The second kappa shape index (κ2) is 21.5. The molecule has 0 saturated heterocycles. The number of unbranched alkanes of at least 4 members (excludes halogenated alkanes) is 8. The standard InChI is InChI=1S/C42H54N4S2/c1-5-7-9-11-13-15-17-31-45(37-23-19-35(3)20-24-37)41-29-27-39(33-43-41)47-48-40-28-30-42(44-34-40)46(38-25-21-36(4)22-26-38)32-18-16-14-12-10-8-6-2/h15-30,33-34H,5-14,31-32H2,1-4H3/b17-15+,18-16+. The fourth-order valence-electron chi connectivity index (χ4n) is 5.34. The predicted molar refractivity (Wildman–Crippen MR) is 212 cm³/mol. The molecule has 2 heterocycles. The minimum absolute atomic E-state index is 0.803. The second-order valence-corrected chi connectivity index (χ2v) is 14.7. The number of pyridine rings is 2. The maximum Gasteiger partial charge on any atom is 0.133 e. The van der Waals surface area contributed by atoms with Gasteiger partial charge in [-0.05, 0) is 88.1 Å². The molecule has 0 aliphatic carbocycles. The maximum atomic E-state index is 4.89. The van der Waals surface area contributed by atoms with E-state index in [2.05, 4.69) is 135 Å². The van der Waals surface area contributed by atoms with Crippen molar-refractivity contribution in [2.75, 3.05) is 22.9 Å². The Morgan fingerprint density at radius 3 is 1.27 bits per heavy atom. The Morgan fingerprint density at radius 2 is 0.917 bits per heavy atom. The summed E-state index contributed by atoms with van der Waals surface area (Å²) in [5.41, 5.74) is 4.84. The summed E-state index contributed by atoms with van der Waals surface area (Å²) in [7, 11) is 3.43. The number of anilines is 4. The van der Waals surface area contributed by atoms with Crippen LogP contribution < -0.4 is 9.80 Å². The Bertz CT molecular complexity index is 1380. The molecule has 0 spiro atoms. The normalized spacial score (nSPS) is 11.5. The fraction of sp³-hybridized carbons (Fsp3) is 0.381. The van der Waals surface area contributed by atoms with E-state index in [-0.39, 0.29) is 0 Å². The van der Waals surface area contributed by atoms with E-state index in [1.54, 1.807) is 21.6 Å². The fourth-order valence-corrected chi connectivity index (χ4v) is 7.14. The number of aromatic nitrogens is 2. The Morgan fingerprint density at radius 1 is 0.500 bits per heavy atom. The summed E-state index contributed by atoms with van der Waals surface area (Å²) in [4.78, 5) is 16.6. The molecule has 4 aromatic rings. The zero-order valence-corrected chi connectivity index (χ0v) is 31.1. The highest BCUT2D eigenvalue weighted by Gasteiger charge is 2.12. The highest BCUT2D eigenvalue weighted by atomic mass is 33.1. The summed E-state index contributed by atoms with van der Waals surface area (Å²) in [5.74, 6) is 1.92. The van der Waals surface area contributed by atoms with Gasteiger partial charge in [-0.15, -0.1) is 0 Å². The lowest BCUT2D eigenvalue weighted by Gasteiger charge is -2.23. The van der Waals surface area contributed by atoms with Crippen molar-refractivity contribution in [2.24, 2.45) is 0 Å². The summed E-state index contributed by atoms with van der Waals surface area (Å²) in [5, 5.41) is 0. The lowest BCUT2D eigenvalue weighted by molar-refractivity contribution is 0.674. The van der Waals surface area contributed by atoms with E-state index < -0.39 is 0 Å². The molecule has 2 aromatic carbocycles. The van der Waals surface area contributed by atoms with Gasteiger partial charge in [-0.3, -0.25) is 0 Å². The minimum atomic E-state index is 0.803. The lowest BCUT2D eigenvalue weighted by Crippen LogP contribution is -2.18. The van der Waals surface area contributed by atoms with Crippen LogP contribution in [0.5, 0.6) is 0 Å². The van der Waals surface area contributed by atoms with Crippen LogP contribution in [0.15, 0.2) is 119 Å². The molecule has 0 aliphatic rings. The number of rotatable bonds is 21. The molecule has 0 amide bonds. The highest BCUT2D eigenvalue weighted by molar-refractivity contribution is 8.76. The highest BCUT2D eigenvalue weighted by Crippen LogP contribution is 2.38. The molecule has 0 aliphatic heterocycles. The van der Waals surface area contributed by atoms with Crippen molar-refractivity contribution in [3.63, 3.8) is 0 Å². The SMILES string of the molecule is CCCCCC/C=C/CN(c1ccc(C)cc1)c1ccc(SSc2ccc(N(C/C=C/CCCCCC)c3ccc(C)cc3)nc2)cn1. The zero-order chi connectivity index (χ0) is 33.8. The number of allylic oxidation sites excluding steroid dienone is 2. The molecule has 0 N–H and O–H groups in total. The van der Waals surface area contributed by atoms with Crippen molar-refractivity contribution in [2.45, 2.75) is 102 Å². The molecule has 6 heteroatoms. The third kappa shape index (κ3) is 12.9. The Labute approximate surface area is 298 Å². The van der Waals surface area contributed by atoms with Crippen molar-refractivity contribution in [1.82, 2.24) is 9.97 Å². The van der Waals surface area contributed by atoms with Crippen molar-refractivity contribution in [3.05, 3.63) is 121 Å². The number of aryl methyl sites for hydroxylation is 2. The molecule has 4 rings (SSSR count). The third-order valence-electron chi connectivity index (χ3n) is 8.28. The van der Waals surface area contributed by atoms with Crippen molar-refractivity contribution in [3.8, 4) is 0 Å². The summed E-state index contributed by atoms with van der Waals surface area (Å²) >= 11 is 0. The zero-order valence-electron chi connectivity index (χ0n) is 29.5. The summed E-state index contributed by atoms with van der Waals surface area (Å²) in [6.07, 6.45) is 25.8. The van der Waals surface area contributed by atoms with Gasteiger partial charge in [-0.1, -0.05) is 134 Å². The van der Waals surface area contributed by atoms with Crippen LogP contribution in [0.2, 0.25) is 0 Å². The van der Waals surface area contributed by atoms with Crippen molar-refractivity contribution >= 4 is 44.6 Å². The van der Waals surface area contributed by atoms with Crippen LogP contribution in [0.4, 0.5) is 23.0 Å². The average Bonchev–Trinajstić information content (AvgIpc) is 3.11. The van der Waals surface area contributed by atoms with Crippen LogP contribution >= 0.6 is 21.6 Å². The minimum Gasteiger partial charge on any atom is -0.323 e. The van der Waals surface area contributed by atoms with E-state index in [9.17, 15) is 0 Å². The average molecular weight is 679 g/mol.